The van der Waals surface area contributed by atoms with Gasteiger partial charge in [-0.3, -0.25) is 14.7 Å². The summed E-state index contributed by atoms with van der Waals surface area (Å²) >= 11 is 9.00. The Kier molecular flexibility index (Phi) is 4.70. The molecular formula is C15H13ClN4OS2. The Balaban J connectivity index is 1.98. The highest BCUT2D eigenvalue weighted by Gasteiger charge is 2.25. The van der Waals surface area contributed by atoms with Crippen molar-refractivity contribution < 1.29 is 4.79 Å². The molecule has 0 aliphatic carbocycles. The first-order chi connectivity index (χ1) is 11.1. The van der Waals surface area contributed by atoms with Gasteiger partial charge in [0.15, 0.2) is 5.15 Å². The molecule has 0 radical (unpaired) electrons. The Bertz CT molecular complexity index is 831. The van der Waals surface area contributed by atoms with Crippen LogP contribution in [-0.4, -0.2) is 27.4 Å². The number of pyridine rings is 1. The normalized spacial score (nSPS) is 10.7. The fraction of sp³-hybridized carbons (Fsp3) is 0.200. The Morgan fingerprint density at radius 2 is 2.26 bits per heavy atom. The number of carbonyl (C=O) groups excluding carboxylic acids is 1. The van der Waals surface area contributed by atoms with E-state index in [1.807, 2.05) is 26.0 Å². The summed E-state index contributed by atoms with van der Waals surface area (Å²) in [5.41, 5.74) is 3.28. The standard InChI is InChI=1S/C15H13ClN4OS2/c1-3-20(14(21)11-9(2)18-8-22-11)15-12(16)19-13(23-15)10-5-4-6-17-7-10/h4-8H,3H2,1-2H3. The van der Waals surface area contributed by atoms with Crippen molar-refractivity contribution in [2.75, 3.05) is 11.4 Å². The van der Waals surface area contributed by atoms with Gasteiger partial charge in [0.2, 0.25) is 0 Å². The van der Waals surface area contributed by atoms with E-state index in [2.05, 4.69) is 15.0 Å². The molecule has 1 amide bonds. The summed E-state index contributed by atoms with van der Waals surface area (Å²) in [4.78, 5) is 27.6. The van der Waals surface area contributed by atoms with Crippen LogP contribution in [-0.2, 0) is 0 Å². The highest BCUT2D eigenvalue weighted by atomic mass is 35.5. The first-order valence-electron chi connectivity index (χ1n) is 6.90. The minimum absolute atomic E-state index is 0.101. The Labute approximate surface area is 146 Å². The zero-order valence-corrected chi connectivity index (χ0v) is 14.9. The molecule has 118 valence electrons. The number of carbonyl (C=O) groups is 1. The number of thiazole rings is 2. The number of aryl methyl sites for hydroxylation is 1. The third-order valence-electron chi connectivity index (χ3n) is 3.22. The maximum atomic E-state index is 12.8. The van der Waals surface area contributed by atoms with Gasteiger partial charge >= 0.3 is 0 Å². The van der Waals surface area contributed by atoms with Crippen LogP contribution in [0.4, 0.5) is 5.00 Å². The van der Waals surface area contributed by atoms with Crippen LogP contribution in [0.15, 0.2) is 30.0 Å². The molecule has 3 aromatic rings. The van der Waals surface area contributed by atoms with Gasteiger partial charge in [0.1, 0.15) is 14.9 Å². The molecule has 0 spiro atoms. The lowest BCUT2D eigenvalue weighted by molar-refractivity contribution is 0.0992. The van der Waals surface area contributed by atoms with Gasteiger partial charge in [0.05, 0.1) is 11.2 Å². The van der Waals surface area contributed by atoms with Crippen molar-refractivity contribution in [2.45, 2.75) is 13.8 Å². The molecule has 3 rings (SSSR count). The molecule has 5 nitrogen and oxygen atoms in total. The average molecular weight is 365 g/mol. The molecular weight excluding hydrogens is 352 g/mol. The quantitative estimate of drug-likeness (QED) is 0.692. The lowest BCUT2D eigenvalue weighted by Crippen LogP contribution is -2.30. The molecule has 0 aromatic carbocycles. The molecule has 0 saturated heterocycles. The third kappa shape index (κ3) is 3.12. The number of anilines is 1. The second kappa shape index (κ2) is 6.74. The first kappa shape index (κ1) is 16.0. The number of amides is 1. The SMILES string of the molecule is CCN(C(=O)c1scnc1C)c1sc(-c2cccnc2)nc1Cl. The van der Waals surface area contributed by atoms with E-state index in [4.69, 9.17) is 11.6 Å². The molecule has 0 bridgehead atoms. The van der Waals surface area contributed by atoms with Gasteiger partial charge in [-0.1, -0.05) is 22.9 Å². The second-order valence-corrected chi connectivity index (χ2v) is 6.86. The van der Waals surface area contributed by atoms with E-state index >= 15 is 0 Å². The minimum Gasteiger partial charge on any atom is -0.297 e. The summed E-state index contributed by atoms with van der Waals surface area (Å²) in [6.07, 6.45) is 3.43. The van der Waals surface area contributed by atoms with Gasteiger partial charge in [0, 0.05) is 24.5 Å². The van der Waals surface area contributed by atoms with E-state index in [0.29, 0.717) is 21.6 Å². The first-order valence-corrected chi connectivity index (χ1v) is 8.98. The Morgan fingerprint density at radius 1 is 1.43 bits per heavy atom. The maximum Gasteiger partial charge on any atom is 0.270 e. The number of hydrogen-bond acceptors (Lipinski definition) is 6. The zero-order valence-electron chi connectivity index (χ0n) is 12.5. The average Bonchev–Trinajstić information content (AvgIpc) is 3.15. The van der Waals surface area contributed by atoms with Crippen molar-refractivity contribution >= 4 is 45.2 Å². The van der Waals surface area contributed by atoms with Crippen molar-refractivity contribution in [1.82, 2.24) is 15.0 Å². The van der Waals surface area contributed by atoms with E-state index in [1.54, 1.807) is 22.8 Å². The maximum absolute atomic E-state index is 12.8. The Hall–Kier alpha value is -1.83. The monoisotopic (exact) mass is 364 g/mol. The van der Waals surface area contributed by atoms with Crippen molar-refractivity contribution in [1.29, 1.82) is 0 Å². The second-order valence-electron chi connectivity index (χ2n) is 4.67. The van der Waals surface area contributed by atoms with E-state index in [1.165, 1.54) is 22.7 Å². The summed E-state index contributed by atoms with van der Waals surface area (Å²) in [5, 5.41) is 1.71. The predicted molar refractivity (Wildman–Crippen MR) is 94.6 cm³/mol. The van der Waals surface area contributed by atoms with E-state index in [0.717, 1.165) is 16.3 Å². The van der Waals surface area contributed by atoms with Crippen LogP contribution in [0.1, 0.15) is 22.3 Å². The molecule has 0 atom stereocenters. The fourth-order valence-corrected chi connectivity index (χ4v) is 4.20. The van der Waals surface area contributed by atoms with Crippen molar-refractivity contribution in [3.8, 4) is 10.6 Å². The number of halogens is 1. The van der Waals surface area contributed by atoms with E-state index < -0.39 is 0 Å². The molecule has 0 N–H and O–H groups in total. The zero-order chi connectivity index (χ0) is 16.4. The molecule has 0 aliphatic rings. The van der Waals surface area contributed by atoms with E-state index in [-0.39, 0.29) is 5.91 Å². The van der Waals surface area contributed by atoms with Crippen LogP contribution in [0.25, 0.3) is 10.6 Å². The van der Waals surface area contributed by atoms with Crippen LogP contribution < -0.4 is 4.90 Å². The van der Waals surface area contributed by atoms with Crippen LogP contribution >= 0.6 is 34.3 Å². The summed E-state index contributed by atoms with van der Waals surface area (Å²) in [5.74, 6) is -0.101. The number of aromatic nitrogens is 3. The number of hydrogen-bond donors (Lipinski definition) is 0. The summed E-state index contributed by atoms with van der Waals surface area (Å²) in [6, 6.07) is 3.76. The van der Waals surface area contributed by atoms with Gasteiger partial charge in [-0.15, -0.1) is 11.3 Å². The highest BCUT2D eigenvalue weighted by molar-refractivity contribution is 7.20. The van der Waals surface area contributed by atoms with Crippen LogP contribution in [0.2, 0.25) is 5.15 Å². The molecule has 8 heteroatoms. The summed E-state index contributed by atoms with van der Waals surface area (Å²) < 4.78 is 0. The van der Waals surface area contributed by atoms with Gasteiger partial charge in [-0.25, -0.2) is 9.97 Å². The van der Waals surface area contributed by atoms with Crippen LogP contribution in [0, 0.1) is 6.92 Å². The van der Waals surface area contributed by atoms with E-state index in [9.17, 15) is 4.79 Å². The number of nitrogens with zero attached hydrogens (tertiary/aromatic N) is 4. The Morgan fingerprint density at radius 3 is 2.87 bits per heavy atom. The highest BCUT2D eigenvalue weighted by Crippen LogP contribution is 2.38. The van der Waals surface area contributed by atoms with Crippen molar-refractivity contribution in [2.24, 2.45) is 0 Å². The predicted octanol–water partition coefficient (Wildman–Crippen LogP) is 4.29. The fourth-order valence-electron chi connectivity index (χ4n) is 2.08. The molecule has 0 fully saturated rings. The smallest absolute Gasteiger partial charge is 0.270 e. The summed E-state index contributed by atoms with van der Waals surface area (Å²) in [6.45, 7) is 4.24. The largest absolute Gasteiger partial charge is 0.297 e. The molecule has 0 aliphatic heterocycles. The van der Waals surface area contributed by atoms with Gasteiger partial charge in [-0.2, -0.15) is 0 Å². The molecule has 3 heterocycles. The van der Waals surface area contributed by atoms with Gasteiger partial charge in [0.25, 0.3) is 5.91 Å². The molecule has 3 aromatic heterocycles. The van der Waals surface area contributed by atoms with Gasteiger partial charge in [-0.05, 0) is 26.0 Å². The van der Waals surface area contributed by atoms with Crippen LogP contribution in [0.3, 0.4) is 0 Å². The third-order valence-corrected chi connectivity index (χ3v) is 5.64. The van der Waals surface area contributed by atoms with Crippen molar-refractivity contribution in [3.63, 3.8) is 0 Å². The lowest BCUT2D eigenvalue weighted by atomic mass is 10.3. The lowest BCUT2D eigenvalue weighted by Gasteiger charge is -2.18. The van der Waals surface area contributed by atoms with Crippen molar-refractivity contribution in [3.05, 3.63) is 45.8 Å². The van der Waals surface area contributed by atoms with Gasteiger partial charge < -0.3 is 0 Å². The number of rotatable bonds is 4. The minimum atomic E-state index is -0.101. The summed E-state index contributed by atoms with van der Waals surface area (Å²) in [7, 11) is 0. The topological polar surface area (TPSA) is 59.0 Å². The molecule has 0 unspecified atom stereocenters. The molecule has 23 heavy (non-hydrogen) atoms. The molecule has 0 saturated carbocycles. The van der Waals surface area contributed by atoms with Crippen LogP contribution in [0.5, 0.6) is 0 Å².